The van der Waals surface area contributed by atoms with Gasteiger partial charge in [-0.1, -0.05) is 12.1 Å². The predicted molar refractivity (Wildman–Crippen MR) is 77.1 cm³/mol. The molecule has 0 spiro atoms. The van der Waals surface area contributed by atoms with Crippen molar-refractivity contribution in [1.82, 2.24) is 10.2 Å². The third kappa shape index (κ3) is 3.28. The second-order valence-corrected chi connectivity index (χ2v) is 6.01. The zero-order valence-corrected chi connectivity index (χ0v) is 11.5. The molecule has 3 nitrogen and oxygen atoms in total. The maximum atomic E-state index is 9.33. The Kier molecular flexibility index (Phi) is 4.04. The van der Waals surface area contributed by atoms with Gasteiger partial charge >= 0.3 is 0 Å². The van der Waals surface area contributed by atoms with Crippen LogP contribution in [0.5, 0.6) is 5.75 Å². The normalized spacial score (nSPS) is 28.6. The Morgan fingerprint density at radius 1 is 1.16 bits per heavy atom. The van der Waals surface area contributed by atoms with E-state index in [1.807, 2.05) is 12.1 Å². The highest BCUT2D eigenvalue weighted by Gasteiger charge is 2.28. The molecule has 2 aliphatic rings. The van der Waals surface area contributed by atoms with Crippen LogP contribution >= 0.6 is 0 Å². The van der Waals surface area contributed by atoms with Crippen molar-refractivity contribution < 1.29 is 5.11 Å². The third-order valence-electron chi connectivity index (χ3n) is 4.55. The topological polar surface area (TPSA) is 35.5 Å². The van der Waals surface area contributed by atoms with E-state index in [0.29, 0.717) is 5.75 Å². The molecule has 2 fully saturated rings. The molecule has 3 heteroatoms. The van der Waals surface area contributed by atoms with Crippen molar-refractivity contribution in [2.45, 2.75) is 38.3 Å². The van der Waals surface area contributed by atoms with Gasteiger partial charge in [0.15, 0.2) is 0 Å². The van der Waals surface area contributed by atoms with E-state index >= 15 is 0 Å². The Balaban J connectivity index is 1.57. The summed E-state index contributed by atoms with van der Waals surface area (Å²) in [6, 6.07) is 8.40. The zero-order chi connectivity index (χ0) is 13.1. The molecule has 2 saturated heterocycles. The molecule has 0 aromatic heterocycles. The summed E-state index contributed by atoms with van der Waals surface area (Å²) in [6.45, 7) is 4.66. The Morgan fingerprint density at radius 3 is 2.74 bits per heavy atom. The smallest absolute Gasteiger partial charge is 0.115 e. The van der Waals surface area contributed by atoms with E-state index in [2.05, 4.69) is 10.2 Å². The van der Waals surface area contributed by atoms with Crippen LogP contribution in [0.25, 0.3) is 0 Å². The van der Waals surface area contributed by atoms with Gasteiger partial charge < -0.3 is 10.4 Å². The van der Waals surface area contributed by atoms with Crippen LogP contribution in [-0.2, 0) is 6.54 Å². The second-order valence-electron chi connectivity index (χ2n) is 6.01. The summed E-state index contributed by atoms with van der Waals surface area (Å²) < 4.78 is 0. The number of nitrogens with one attached hydrogen (secondary N) is 1. The van der Waals surface area contributed by atoms with E-state index < -0.39 is 0 Å². The maximum Gasteiger partial charge on any atom is 0.115 e. The fraction of sp³-hybridized carbons (Fsp3) is 0.625. The van der Waals surface area contributed by atoms with E-state index in [1.165, 1.54) is 50.9 Å². The minimum atomic E-state index is 0.357. The molecule has 0 aliphatic carbocycles. The van der Waals surface area contributed by atoms with Crippen molar-refractivity contribution in [1.29, 1.82) is 0 Å². The summed E-state index contributed by atoms with van der Waals surface area (Å²) in [5, 5.41) is 13.0. The van der Waals surface area contributed by atoms with E-state index in [4.69, 9.17) is 0 Å². The van der Waals surface area contributed by atoms with Crippen LogP contribution in [0.4, 0.5) is 0 Å². The van der Waals surface area contributed by atoms with E-state index in [1.54, 1.807) is 12.1 Å². The lowest BCUT2D eigenvalue weighted by Crippen LogP contribution is -2.43. The maximum absolute atomic E-state index is 9.33. The van der Waals surface area contributed by atoms with Crippen molar-refractivity contribution in [2.24, 2.45) is 5.92 Å². The molecule has 3 rings (SSSR count). The Morgan fingerprint density at radius 2 is 2.00 bits per heavy atom. The van der Waals surface area contributed by atoms with E-state index in [-0.39, 0.29) is 0 Å². The van der Waals surface area contributed by atoms with Crippen LogP contribution in [0.1, 0.15) is 31.2 Å². The molecule has 2 heterocycles. The van der Waals surface area contributed by atoms with Crippen LogP contribution < -0.4 is 5.32 Å². The average molecular weight is 260 g/mol. The molecule has 2 unspecified atom stereocenters. The van der Waals surface area contributed by atoms with Gasteiger partial charge in [-0.15, -0.1) is 0 Å². The number of rotatable bonds is 3. The summed E-state index contributed by atoms with van der Waals surface area (Å²) in [5.74, 6) is 1.18. The van der Waals surface area contributed by atoms with Crippen LogP contribution in [0.15, 0.2) is 24.3 Å². The molecule has 0 radical (unpaired) electrons. The fourth-order valence-electron chi connectivity index (χ4n) is 3.54. The first-order valence-corrected chi connectivity index (χ1v) is 7.55. The van der Waals surface area contributed by atoms with Crippen LogP contribution in [0.3, 0.4) is 0 Å². The van der Waals surface area contributed by atoms with Crippen LogP contribution in [0.2, 0.25) is 0 Å². The monoisotopic (exact) mass is 260 g/mol. The van der Waals surface area contributed by atoms with Gasteiger partial charge in [0, 0.05) is 19.1 Å². The van der Waals surface area contributed by atoms with Crippen molar-refractivity contribution in [2.75, 3.05) is 19.6 Å². The second kappa shape index (κ2) is 5.93. The molecule has 1 aromatic carbocycles. The number of hydrogen-bond acceptors (Lipinski definition) is 3. The quantitative estimate of drug-likeness (QED) is 0.876. The highest BCUT2D eigenvalue weighted by Crippen LogP contribution is 2.25. The summed E-state index contributed by atoms with van der Waals surface area (Å²) in [7, 11) is 0. The fourth-order valence-corrected chi connectivity index (χ4v) is 3.54. The molecule has 1 aromatic rings. The highest BCUT2D eigenvalue weighted by molar-refractivity contribution is 5.25. The number of hydrogen-bond donors (Lipinski definition) is 2. The SMILES string of the molecule is Oc1ccc(CN2CCCC(C3CCCN3)C2)cc1. The first kappa shape index (κ1) is 12.9. The number of benzene rings is 1. The molecule has 2 N–H and O–H groups in total. The number of phenolic OH excluding ortho intramolecular Hbond substituents is 1. The van der Waals surface area contributed by atoms with Gasteiger partial charge in [0.25, 0.3) is 0 Å². The van der Waals surface area contributed by atoms with Crippen molar-refractivity contribution in [3.05, 3.63) is 29.8 Å². The number of phenols is 1. The van der Waals surface area contributed by atoms with Gasteiger partial charge in [-0.3, -0.25) is 4.90 Å². The zero-order valence-electron chi connectivity index (χ0n) is 11.5. The van der Waals surface area contributed by atoms with Gasteiger partial charge in [-0.2, -0.15) is 0 Å². The Bertz CT molecular complexity index is 398. The van der Waals surface area contributed by atoms with Crippen molar-refractivity contribution >= 4 is 0 Å². The first-order chi connectivity index (χ1) is 9.31. The molecule has 2 atom stereocenters. The van der Waals surface area contributed by atoms with Gasteiger partial charge in [-0.25, -0.2) is 0 Å². The largest absolute Gasteiger partial charge is 0.508 e. The standard InChI is InChI=1S/C16H24N2O/c19-15-7-5-13(6-8-15)11-18-10-2-3-14(12-18)16-4-1-9-17-16/h5-8,14,16-17,19H,1-4,9-12H2. The lowest BCUT2D eigenvalue weighted by atomic mass is 9.89. The van der Waals surface area contributed by atoms with Crippen molar-refractivity contribution in [3.63, 3.8) is 0 Å². The summed E-state index contributed by atoms with van der Waals surface area (Å²) >= 11 is 0. The number of likely N-dealkylation sites (tertiary alicyclic amines) is 1. The molecule has 0 amide bonds. The highest BCUT2D eigenvalue weighted by atomic mass is 16.3. The van der Waals surface area contributed by atoms with E-state index in [0.717, 1.165) is 18.5 Å². The number of aromatic hydroxyl groups is 1. The molecule has 2 aliphatic heterocycles. The summed E-state index contributed by atoms with van der Waals surface area (Å²) in [5.41, 5.74) is 1.30. The molecule has 104 valence electrons. The van der Waals surface area contributed by atoms with Gasteiger partial charge in [0.05, 0.1) is 0 Å². The molecule has 19 heavy (non-hydrogen) atoms. The van der Waals surface area contributed by atoms with E-state index in [9.17, 15) is 5.11 Å². The summed E-state index contributed by atoms with van der Waals surface area (Å²) in [6.07, 6.45) is 5.40. The van der Waals surface area contributed by atoms with Crippen LogP contribution in [-0.4, -0.2) is 35.7 Å². The summed E-state index contributed by atoms with van der Waals surface area (Å²) in [4.78, 5) is 2.57. The molecule has 0 bridgehead atoms. The lowest BCUT2D eigenvalue weighted by Gasteiger charge is -2.35. The van der Waals surface area contributed by atoms with Gasteiger partial charge in [0.1, 0.15) is 5.75 Å². The number of nitrogens with zero attached hydrogens (tertiary/aromatic N) is 1. The lowest BCUT2D eigenvalue weighted by molar-refractivity contribution is 0.145. The predicted octanol–water partition coefficient (Wildman–Crippen LogP) is 2.36. The molecular weight excluding hydrogens is 236 g/mol. The third-order valence-corrected chi connectivity index (χ3v) is 4.55. The molecule has 0 saturated carbocycles. The van der Waals surface area contributed by atoms with Crippen molar-refractivity contribution in [3.8, 4) is 5.75 Å². The Labute approximate surface area is 115 Å². The molecular formula is C16H24N2O. The minimum Gasteiger partial charge on any atom is -0.508 e. The Hall–Kier alpha value is -1.06. The first-order valence-electron chi connectivity index (χ1n) is 7.55. The van der Waals surface area contributed by atoms with Gasteiger partial charge in [-0.05, 0) is 62.4 Å². The van der Waals surface area contributed by atoms with Gasteiger partial charge in [0.2, 0.25) is 0 Å². The number of piperidine rings is 1. The van der Waals surface area contributed by atoms with Crippen LogP contribution in [0, 0.1) is 5.92 Å². The average Bonchev–Trinajstić information content (AvgIpc) is 2.96. The minimum absolute atomic E-state index is 0.357.